The van der Waals surface area contributed by atoms with Crippen LogP contribution in [0.3, 0.4) is 0 Å². The molecule has 1 N–H and O–H groups in total. The van der Waals surface area contributed by atoms with Gasteiger partial charge in [-0.25, -0.2) is 14.3 Å². The van der Waals surface area contributed by atoms with Crippen LogP contribution in [0.5, 0.6) is 5.75 Å². The first-order valence-electron chi connectivity index (χ1n) is 10.1. The first kappa shape index (κ1) is 21.1. The third-order valence-electron chi connectivity index (χ3n) is 5.44. The van der Waals surface area contributed by atoms with Gasteiger partial charge in [0.05, 0.1) is 37.8 Å². The van der Waals surface area contributed by atoms with E-state index in [4.69, 9.17) is 4.74 Å². The van der Waals surface area contributed by atoms with Gasteiger partial charge in [0.15, 0.2) is 5.82 Å². The van der Waals surface area contributed by atoms with Crippen molar-refractivity contribution in [2.75, 3.05) is 20.2 Å². The summed E-state index contributed by atoms with van der Waals surface area (Å²) >= 11 is 0. The van der Waals surface area contributed by atoms with Crippen molar-refractivity contribution in [2.45, 2.75) is 25.4 Å². The van der Waals surface area contributed by atoms with Crippen molar-refractivity contribution in [1.29, 1.82) is 0 Å². The summed E-state index contributed by atoms with van der Waals surface area (Å²) in [5.41, 5.74) is 2.82. The Kier molecular flexibility index (Phi) is 6.34. The highest BCUT2D eigenvalue weighted by molar-refractivity contribution is 5.85. The fourth-order valence-electron chi connectivity index (χ4n) is 3.83. The second-order valence-electron chi connectivity index (χ2n) is 7.44. The molecule has 0 bridgehead atoms. The number of imidazole rings is 1. The summed E-state index contributed by atoms with van der Waals surface area (Å²) in [5.74, 6) is 1.61. The van der Waals surface area contributed by atoms with Crippen molar-refractivity contribution >= 4 is 12.4 Å². The summed E-state index contributed by atoms with van der Waals surface area (Å²) in [4.78, 5) is 4.52. The molecule has 0 unspecified atom stereocenters. The van der Waals surface area contributed by atoms with E-state index < -0.39 is 0 Å². The number of methoxy groups -OCH3 is 1. The Bertz CT molecular complexity index is 1130. The molecular formula is C21H25ClN8O. The molecule has 1 saturated heterocycles. The normalized spacial score (nSPS) is 14.4. The molecule has 1 fully saturated rings. The van der Waals surface area contributed by atoms with E-state index in [1.54, 1.807) is 13.3 Å². The van der Waals surface area contributed by atoms with Crippen molar-refractivity contribution in [3.63, 3.8) is 0 Å². The van der Waals surface area contributed by atoms with Gasteiger partial charge >= 0.3 is 0 Å². The van der Waals surface area contributed by atoms with Crippen LogP contribution >= 0.6 is 12.4 Å². The third-order valence-corrected chi connectivity index (χ3v) is 5.44. The maximum Gasteiger partial charge on any atom is 0.162 e. The largest absolute Gasteiger partial charge is 0.497 e. The molecular weight excluding hydrogens is 416 g/mol. The van der Waals surface area contributed by atoms with E-state index in [1.165, 1.54) is 0 Å². The number of aromatic nitrogens is 7. The number of rotatable bonds is 6. The average Bonchev–Trinajstić information content (AvgIpc) is 3.55. The van der Waals surface area contributed by atoms with Crippen LogP contribution in [0.1, 0.15) is 24.4 Å². The van der Waals surface area contributed by atoms with Gasteiger partial charge in [-0.15, -0.1) is 17.5 Å². The quantitative estimate of drug-likeness (QED) is 0.496. The Morgan fingerprint density at radius 2 is 2.06 bits per heavy atom. The van der Waals surface area contributed by atoms with Gasteiger partial charge in [-0.3, -0.25) is 0 Å². The van der Waals surface area contributed by atoms with Crippen LogP contribution in [0, 0.1) is 0 Å². The Balaban J connectivity index is 0.00000231. The molecule has 1 aromatic carbocycles. The van der Waals surface area contributed by atoms with Crippen LogP contribution in [0.25, 0.3) is 17.2 Å². The van der Waals surface area contributed by atoms with Crippen molar-refractivity contribution < 1.29 is 4.74 Å². The van der Waals surface area contributed by atoms with Crippen molar-refractivity contribution in [2.24, 2.45) is 0 Å². The minimum Gasteiger partial charge on any atom is -0.497 e. The van der Waals surface area contributed by atoms with E-state index >= 15 is 0 Å². The van der Waals surface area contributed by atoms with Gasteiger partial charge in [0, 0.05) is 30.2 Å². The molecule has 3 aromatic heterocycles. The van der Waals surface area contributed by atoms with Crippen molar-refractivity contribution in [3.05, 3.63) is 60.8 Å². The molecule has 4 aromatic rings. The standard InChI is InChI=1S/C21H24N8O.ClH/c1-30-19-4-2-3-18(11-19)28-14-16(12-24-28)13-27-10-9-23-21(27)20-15-29(26-25-20)17-5-7-22-8-6-17;/h2-4,9-12,14-15,17,22H,5-8,13H2,1H3;1H. The first-order chi connectivity index (χ1) is 14.8. The number of halogens is 1. The molecule has 10 heteroatoms. The minimum atomic E-state index is 0. The van der Waals surface area contributed by atoms with Gasteiger partial charge in [0.2, 0.25) is 0 Å². The molecule has 0 saturated carbocycles. The van der Waals surface area contributed by atoms with E-state index in [0.29, 0.717) is 12.6 Å². The fraction of sp³-hybridized carbons (Fsp3) is 0.333. The molecule has 4 heterocycles. The summed E-state index contributed by atoms with van der Waals surface area (Å²) in [6, 6.07) is 8.23. The van der Waals surface area contributed by atoms with E-state index in [1.807, 2.05) is 58.4 Å². The number of nitrogens with one attached hydrogen (secondary N) is 1. The number of hydrogen-bond donors (Lipinski definition) is 1. The number of ether oxygens (including phenoxy) is 1. The summed E-state index contributed by atoms with van der Waals surface area (Å²) < 4.78 is 11.2. The topological polar surface area (TPSA) is 87.6 Å². The van der Waals surface area contributed by atoms with Gasteiger partial charge in [0.1, 0.15) is 11.4 Å². The lowest BCUT2D eigenvalue weighted by Gasteiger charge is -2.22. The number of piperidine rings is 1. The molecule has 0 atom stereocenters. The van der Waals surface area contributed by atoms with Crippen molar-refractivity contribution in [3.8, 4) is 23.0 Å². The van der Waals surface area contributed by atoms with Gasteiger partial charge in [-0.1, -0.05) is 11.3 Å². The molecule has 1 aliphatic heterocycles. The molecule has 0 radical (unpaired) electrons. The van der Waals surface area contributed by atoms with E-state index in [-0.39, 0.29) is 12.4 Å². The van der Waals surface area contributed by atoms with Gasteiger partial charge in [0.25, 0.3) is 0 Å². The second-order valence-corrected chi connectivity index (χ2v) is 7.44. The van der Waals surface area contributed by atoms with Crippen LogP contribution in [-0.2, 0) is 6.54 Å². The van der Waals surface area contributed by atoms with E-state index in [0.717, 1.165) is 54.4 Å². The van der Waals surface area contributed by atoms with E-state index in [2.05, 4.69) is 30.3 Å². The molecule has 1 aliphatic rings. The lowest BCUT2D eigenvalue weighted by atomic mass is 10.1. The highest BCUT2D eigenvalue weighted by Crippen LogP contribution is 2.22. The van der Waals surface area contributed by atoms with E-state index in [9.17, 15) is 0 Å². The monoisotopic (exact) mass is 440 g/mol. The summed E-state index contributed by atoms with van der Waals surface area (Å²) in [6.07, 6.45) is 11.8. The minimum absolute atomic E-state index is 0. The van der Waals surface area contributed by atoms with Gasteiger partial charge in [-0.05, 0) is 38.1 Å². The molecule has 5 rings (SSSR count). The highest BCUT2D eigenvalue weighted by atomic mass is 35.5. The lowest BCUT2D eigenvalue weighted by molar-refractivity contribution is 0.337. The average molecular weight is 441 g/mol. The Morgan fingerprint density at radius 1 is 1.19 bits per heavy atom. The van der Waals surface area contributed by atoms with Crippen LogP contribution in [0.4, 0.5) is 0 Å². The smallest absolute Gasteiger partial charge is 0.162 e. The lowest BCUT2D eigenvalue weighted by Crippen LogP contribution is -2.29. The molecule has 0 amide bonds. The van der Waals surface area contributed by atoms with Crippen LogP contribution in [0.2, 0.25) is 0 Å². The predicted octanol–water partition coefficient (Wildman–Crippen LogP) is 2.73. The molecule has 0 spiro atoms. The summed E-state index contributed by atoms with van der Waals surface area (Å²) in [5, 5.41) is 16.6. The number of hydrogen-bond acceptors (Lipinski definition) is 6. The zero-order valence-corrected chi connectivity index (χ0v) is 18.1. The number of benzene rings is 1. The maximum absolute atomic E-state index is 5.31. The van der Waals surface area contributed by atoms with Gasteiger partial charge < -0.3 is 14.6 Å². The molecule has 0 aliphatic carbocycles. The maximum atomic E-state index is 5.31. The van der Waals surface area contributed by atoms with Crippen LogP contribution < -0.4 is 10.1 Å². The first-order valence-corrected chi connectivity index (χ1v) is 10.1. The SMILES string of the molecule is COc1cccc(-n2cc(Cn3ccnc3-c3cn(C4CCNCC4)nn3)cn2)c1.Cl. The van der Waals surface area contributed by atoms with Crippen LogP contribution in [0.15, 0.2) is 55.2 Å². The Morgan fingerprint density at radius 3 is 2.90 bits per heavy atom. The zero-order valence-electron chi connectivity index (χ0n) is 17.3. The third kappa shape index (κ3) is 4.47. The van der Waals surface area contributed by atoms with Crippen LogP contribution in [-0.4, -0.2) is 54.5 Å². The second kappa shape index (κ2) is 9.32. The Labute approximate surface area is 186 Å². The van der Waals surface area contributed by atoms with Gasteiger partial charge in [-0.2, -0.15) is 5.10 Å². The van der Waals surface area contributed by atoms with Crippen molar-refractivity contribution in [1.82, 2.24) is 39.6 Å². The Hall–Kier alpha value is -3.17. The number of nitrogens with zero attached hydrogens (tertiary/aromatic N) is 7. The zero-order chi connectivity index (χ0) is 20.3. The molecule has 31 heavy (non-hydrogen) atoms. The summed E-state index contributed by atoms with van der Waals surface area (Å²) in [6.45, 7) is 2.69. The fourth-order valence-corrected chi connectivity index (χ4v) is 3.83. The molecule has 9 nitrogen and oxygen atoms in total. The summed E-state index contributed by atoms with van der Waals surface area (Å²) in [7, 11) is 1.66. The predicted molar refractivity (Wildman–Crippen MR) is 119 cm³/mol. The molecule has 162 valence electrons. The highest BCUT2D eigenvalue weighted by Gasteiger charge is 2.18.